The van der Waals surface area contributed by atoms with E-state index in [2.05, 4.69) is 4.98 Å². The van der Waals surface area contributed by atoms with E-state index in [4.69, 9.17) is 16.3 Å². The van der Waals surface area contributed by atoms with E-state index in [9.17, 15) is 13.6 Å². The normalized spacial score (nSPS) is 10.7. The highest BCUT2D eigenvalue weighted by Crippen LogP contribution is 2.25. The van der Waals surface area contributed by atoms with E-state index in [1.54, 1.807) is 29.5 Å². The van der Waals surface area contributed by atoms with Crippen LogP contribution in [0.25, 0.3) is 0 Å². The molecule has 1 rings (SSSR count). The lowest BCUT2D eigenvalue weighted by molar-refractivity contribution is 0.0516. The highest BCUT2D eigenvalue weighted by Gasteiger charge is 2.21. The molecule has 0 spiro atoms. The number of alkyl halides is 3. The third-order valence-electron chi connectivity index (χ3n) is 1.90. The van der Waals surface area contributed by atoms with Gasteiger partial charge < -0.3 is 4.74 Å². The molecule has 3 nitrogen and oxygen atoms in total. The number of carbonyl (C=O) groups excluding carboxylic acids is 1. The minimum absolute atomic E-state index is 0.0146. The lowest BCUT2D eigenvalue weighted by atomic mass is 10.2. The van der Waals surface area contributed by atoms with Gasteiger partial charge in [-0.15, -0.1) is 11.6 Å². The number of esters is 1. The first-order chi connectivity index (χ1) is 8.01. The lowest BCUT2D eigenvalue weighted by Crippen LogP contribution is -2.13. The minimum atomic E-state index is -2.74. The minimum Gasteiger partial charge on any atom is -0.461 e. The van der Waals surface area contributed by atoms with Crippen LogP contribution in [0.4, 0.5) is 8.78 Å². The van der Waals surface area contributed by atoms with Gasteiger partial charge in [0, 0.05) is 15.0 Å². The zero-order valence-corrected chi connectivity index (χ0v) is 11.8. The average molecular weight is 376 g/mol. The second-order valence-corrected chi connectivity index (χ2v) is 4.45. The Morgan fingerprint density at radius 2 is 2.29 bits per heavy atom. The molecule has 0 unspecified atom stereocenters. The molecule has 94 valence electrons. The number of aromatic nitrogens is 1. The smallest absolute Gasteiger partial charge is 0.357 e. The summed E-state index contributed by atoms with van der Waals surface area (Å²) in [4.78, 5) is 15.2. The molecular formula is C10H9ClF2INO2. The lowest BCUT2D eigenvalue weighted by Gasteiger charge is -2.09. The van der Waals surface area contributed by atoms with Crippen LogP contribution in [0, 0.1) is 3.57 Å². The van der Waals surface area contributed by atoms with Gasteiger partial charge in [0.25, 0.3) is 6.43 Å². The molecule has 0 atom stereocenters. The summed E-state index contributed by atoms with van der Waals surface area (Å²) in [6.07, 6.45) is -2.74. The number of rotatable bonds is 4. The number of ether oxygens (including phenoxy) is 1. The Morgan fingerprint density at radius 3 is 2.76 bits per heavy atom. The molecule has 0 aliphatic heterocycles. The van der Waals surface area contributed by atoms with E-state index in [1.807, 2.05) is 0 Å². The van der Waals surface area contributed by atoms with Crippen molar-refractivity contribution in [1.82, 2.24) is 4.98 Å². The monoisotopic (exact) mass is 375 g/mol. The number of carbonyl (C=O) groups is 1. The van der Waals surface area contributed by atoms with Crippen LogP contribution in [0.2, 0.25) is 0 Å². The van der Waals surface area contributed by atoms with Crippen molar-refractivity contribution in [2.75, 3.05) is 6.61 Å². The van der Waals surface area contributed by atoms with Gasteiger partial charge in [-0.2, -0.15) is 0 Å². The number of nitrogens with zero attached hydrogens (tertiary/aromatic N) is 1. The van der Waals surface area contributed by atoms with Gasteiger partial charge >= 0.3 is 5.97 Å². The first-order valence-electron chi connectivity index (χ1n) is 4.71. The summed E-state index contributed by atoms with van der Waals surface area (Å²) in [6.45, 7) is 1.78. The summed E-state index contributed by atoms with van der Waals surface area (Å²) in [5.41, 5.74) is -0.181. The third kappa shape index (κ3) is 3.48. The van der Waals surface area contributed by atoms with Gasteiger partial charge in [0.05, 0.1) is 6.61 Å². The predicted octanol–water partition coefficient (Wildman–Crippen LogP) is 3.54. The summed E-state index contributed by atoms with van der Waals surface area (Å²) in [6, 6.07) is 1.42. The molecular weight excluding hydrogens is 366 g/mol. The molecule has 0 aromatic carbocycles. The maximum atomic E-state index is 12.6. The number of pyridine rings is 1. The van der Waals surface area contributed by atoms with Crippen molar-refractivity contribution >= 4 is 40.2 Å². The molecule has 1 heterocycles. The SMILES string of the molecule is CCOC(=O)c1nc(C(F)F)c(I)cc1CCl. The van der Waals surface area contributed by atoms with Crippen LogP contribution in [0.3, 0.4) is 0 Å². The Morgan fingerprint density at radius 1 is 1.65 bits per heavy atom. The second-order valence-electron chi connectivity index (χ2n) is 3.02. The van der Waals surface area contributed by atoms with E-state index in [0.29, 0.717) is 5.56 Å². The van der Waals surface area contributed by atoms with Gasteiger partial charge in [-0.1, -0.05) is 0 Å². The Kier molecular flexibility index (Phi) is 5.51. The van der Waals surface area contributed by atoms with Crippen molar-refractivity contribution in [2.45, 2.75) is 19.2 Å². The quantitative estimate of drug-likeness (QED) is 0.459. The summed E-state index contributed by atoms with van der Waals surface area (Å²) in [5, 5.41) is 0. The van der Waals surface area contributed by atoms with Crippen molar-refractivity contribution < 1.29 is 18.3 Å². The Hall–Kier alpha value is -0.500. The molecule has 0 saturated carbocycles. The van der Waals surface area contributed by atoms with E-state index in [-0.39, 0.29) is 21.8 Å². The van der Waals surface area contributed by atoms with Gasteiger partial charge in [-0.25, -0.2) is 18.6 Å². The van der Waals surface area contributed by atoms with Gasteiger partial charge in [0.2, 0.25) is 0 Å². The average Bonchev–Trinajstić information content (AvgIpc) is 2.28. The zero-order chi connectivity index (χ0) is 13.0. The summed E-state index contributed by atoms with van der Waals surface area (Å²) in [5.74, 6) is -0.720. The van der Waals surface area contributed by atoms with Crippen molar-refractivity contribution in [1.29, 1.82) is 0 Å². The van der Waals surface area contributed by atoms with Crippen molar-refractivity contribution in [3.05, 3.63) is 26.6 Å². The molecule has 0 fully saturated rings. The third-order valence-corrected chi connectivity index (χ3v) is 3.05. The molecule has 1 aromatic heterocycles. The van der Waals surface area contributed by atoms with Crippen LogP contribution in [-0.2, 0) is 10.6 Å². The van der Waals surface area contributed by atoms with Crippen LogP contribution < -0.4 is 0 Å². The van der Waals surface area contributed by atoms with Gasteiger partial charge in [0.1, 0.15) is 5.69 Å². The molecule has 0 saturated heterocycles. The van der Waals surface area contributed by atoms with E-state index < -0.39 is 18.1 Å². The van der Waals surface area contributed by atoms with Crippen molar-refractivity contribution in [3.63, 3.8) is 0 Å². The molecule has 0 amide bonds. The van der Waals surface area contributed by atoms with Crippen LogP contribution in [0.5, 0.6) is 0 Å². The summed E-state index contributed by atoms with van der Waals surface area (Å²) < 4.78 is 30.3. The molecule has 17 heavy (non-hydrogen) atoms. The Labute approximate surface area is 116 Å². The summed E-state index contributed by atoms with van der Waals surface area (Å²) >= 11 is 7.37. The fourth-order valence-electron chi connectivity index (χ4n) is 1.17. The first kappa shape index (κ1) is 14.6. The molecule has 1 aromatic rings. The number of hydrogen-bond acceptors (Lipinski definition) is 3. The number of halogens is 4. The van der Waals surface area contributed by atoms with Crippen molar-refractivity contribution in [3.8, 4) is 0 Å². The fourth-order valence-corrected chi connectivity index (χ4v) is 2.11. The molecule has 0 bridgehead atoms. The fraction of sp³-hybridized carbons (Fsp3) is 0.400. The highest BCUT2D eigenvalue weighted by atomic mass is 127. The zero-order valence-electron chi connectivity index (χ0n) is 8.84. The van der Waals surface area contributed by atoms with Gasteiger partial charge in [-0.05, 0) is 35.6 Å². The Bertz CT molecular complexity index is 429. The number of hydrogen-bond donors (Lipinski definition) is 0. The van der Waals surface area contributed by atoms with Crippen molar-refractivity contribution in [2.24, 2.45) is 0 Å². The van der Waals surface area contributed by atoms with E-state index in [0.717, 1.165) is 0 Å². The van der Waals surface area contributed by atoms with Gasteiger partial charge in [-0.3, -0.25) is 0 Å². The largest absolute Gasteiger partial charge is 0.461 e. The summed E-state index contributed by atoms with van der Waals surface area (Å²) in [7, 11) is 0. The topological polar surface area (TPSA) is 39.2 Å². The highest BCUT2D eigenvalue weighted by molar-refractivity contribution is 14.1. The molecule has 0 aliphatic rings. The first-order valence-corrected chi connectivity index (χ1v) is 6.33. The van der Waals surface area contributed by atoms with Gasteiger partial charge in [0.15, 0.2) is 5.69 Å². The Balaban J connectivity index is 3.26. The predicted molar refractivity (Wildman–Crippen MR) is 67.4 cm³/mol. The molecule has 0 N–H and O–H groups in total. The molecule has 7 heteroatoms. The second kappa shape index (κ2) is 6.44. The maximum Gasteiger partial charge on any atom is 0.357 e. The van der Waals surface area contributed by atoms with E-state index >= 15 is 0 Å². The maximum absolute atomic E-state index is 12.6. The molecule has 0 aliphatic carbocycles. The van der Waals surface area contributed by atoms with E-state index in [1.165, 1.54) is 6.07 Å². The molecule has 0 radical (unpaired) electrons. The van der Waals surface area contributed by atoms with Crippen LogP contribution in [-0.4, -0.2) is 17.6 Å². The standard InChI is InChI=1S/C10H9ClF2INO2/c1-2-17-10(16)7-5(4-11)3-6(14)8(15-7)9(12)13/h3,9H,2,4H2,1H3. The van der Waals surface area contributed by atoms with Crippen LogP contribution >= 0.6 is 34.2 Å². The van der Waals surface area contributed by atoms with Crippen LogP contribution in [0.1, 0.15) is 35.1 Å². The van der Waals surface area contributed by atoms with Crippen LogP contribution in [0.15, 0.2) is 6.07 Å².